The van der Waals surface area contributed by atoms with E-state index in [2.05, 4.69) is 18.7 Å². The largest absolute Gasteiger partial charge is 0.395 e. The fourth-order valence-electron chi connectivity index (χ4n) is 2.02. The first-order chi connectivity index (χ1) is 7.65. The van der Waals surface area contributed by atoms with Gasteiger partial charge in [-0.25, -0.2) is 0 Å². The molecule has 4 heteroatoms. The van der Waals surface area contributed by atoms with Gasteiger partial charge in [0, 0.05) is 12.6 Å². The van der Waals surface area contributed by atoms with Gasteiger partial charge in [0.1, 0.15) is 0 Å². The van der Waals surface area contributed by atoms with Crippen LogP contribution in [-0.2, 0) is 0 Å². The summed E-state index contributed by atoms with van der Waals surface area (Å²) in [6.45, 7) is 6.46. The first-order valence-electron chi connectivity index (χ1n) is 6.28. The van der Waals surface area contributed by atoms with Gasteiger partial charge in [-0.1, -0.05) is 26.1 Å². The summed E-state index contributed by atoms with van der Waals surface area (Å²) in [7, 11) is 0. The zero-order valence-electron chi connectivity index (χ0n) is 10.6. The molecule has 0 amide bonds. The topological polar surface area (TPSA) is 49.5 Å². The van der Waals surface area contributed by atoms with E-state index in [0.29, 0.717) is 11.0 Å². The molecular formula is C12H26N2OS. The molecule has 0 heterocycles. The SMILES string of the molecule is CCC(CC)N(CCO)CCCCC(N)=S. The summed E-state index contributed by atoms with van der Waals surface area (Å²) in [5.74, 6) is 0. The summed E-state index contributed by atoms with van der Waals surface area (Å²) in [6, 6.07) is 0.594. The minimum absolute atomic E-state index is 0.242. The molecule has 3 N–H and O–H groups in total. The van der Waals surface area contributed by atoms with Crippen LogP contribution in [0.1, 0.15) is 46.0 Å². The molecule has 0 bridgehead atoms. The molecular weight excluding hydrogens is 220 g/mol. The Morgan fingerprint density at radius 1 is 1.25 bits per heavy atom. The molecule has 0 aliphatic carbocycles. The van der Waals surface area contributed by atoms with E-state index in [0.717, 1.165) is 45.2 Å². The number of nitrogens with zero attached hydrogens (tertiary/aromatic N) is 1. The lowest BCUT2D eigenvalue weighted by Gasteiger charge is -2.29. The third kappa shape index (κ3) is 7.14. The van der Waals surface area contributed by atoms with Crippen LogP contribution in [0.4, 0.5) is 0 Å². The maximum atomic E-state index is 9.04. The Balaban J connectivity index is 3.87. The predicted molar refractivity (Wildman–Crippen MR) is 73.7 cm³/mol. The van der Waals surface area contributed by atoms with Gasteiger partial charge >= 0.3 is 0 Å². The Morgan fingerprint density at radius 2 is 1.88 bits per heavy atom. The van der Waals surface area contributed by atoms with E-state index in [-0.39, 0.29) is 6.61 Å². The highest BCUT2D eigenvalue weighted by Gasteiger charge is 2.13. The number of unbranched alkanes of at least 4 members (excludes halogenated alkanes) is 1. The standard InChI is InChI=1S/C12H26N2OS/c1-3-11(4-2)14(9-10-15)8-6-5-7-12(13)16/h11,15H,3-10H2,1-2H3,(H2,13,16). The molecule has 16 heavy (non-hydrogen) atoms. The van der Waals surface area contributed by atoms with Gasteiger partial charge in [-0.15, -0.1) is 0 Å². The normalized spacial score (nSPS) is 11.3. The predicted octanol–water partition coefficient (Wildman–Crippen LogP) is 1.93. The average molecular weight is 246 g/mol. The number of thiocarbonyl (C=S) groups is 1. The molecule has 0 saturated carbocycles. The average Bonchev–Trinajstić information content (AvgIpc) is 2.25. The van der Waals surface area contributed by atoms with Crippen LogP contribution in [0.25, 0.3) is 0 Å². The number of rotatable bonds is 10. The quantitative estimate of drug-likeness (QED) is 0.457. The molecule has 0 aromatic heterocycles. The van der Waals surface area contributed by atoms with Crippen LogP contribution in [0.3, 0.4) is 0 Å². The van der Waals surface area contributed by atoms with Gasteiger partial charge < -0.3 is 10.8 Å². The molecule has 0 aliphatic rings. The number of nitrogens with two attached hydrogens (primary N) is 1. The Labute approximate surface area is 105 Å². The second kappa shape index (κ2) is 10.00. The third-order valence-corrected chi connectivity index (χ3v) is 3.17. The second-order valence-corrected chi connectivity index (χ2v) is 4.68. The summed E-state index contributed by atoms with van der Waals surface area (Å²) in [4.78, 5) is 2.98. The highest BCUT2D eigenvalue weighted by atomic mass is 32.1. The van der Waals surface area contributed by atoms with Crippen molar-refractivity contribution in [2.24, 2.45) is 5.73 Å². The fraction of sp³-hybridized carbons (Fsp3) is 0.917. The molecule has 0 rings (SSSR count). The zero-order valence-corrected chi connectivity index (χ0v) is 11.4. The Bertz CT molecular complexity index is 184. The number of hydrogen-bond acceptors (Lipinski definition) is 3. The highest BCUT2D eigenvalue weighted by Crippen LogP contribution is 2.10. The van der Waals surface area contributed by atoms with Gasteiger partial charge in [-0.2, -0.15) is 0 Å². The van der Waals surface area contributed by atoms with Gasteiger partial charge in [0.05, 0.1) is 11.6 Å². The number of hydrogen-bond donors (Lipinski definition) is 2. The van der Waals surface area contributed by atoms with Gasteiger partial charge in [0.25, 0.3) is 0 Å². The van der Waals surface area contributed by atoms with Crippen molar-refractivity contribution in [3.63, 3.8) is 0 Å². The minimum Gasteiger partial charge on any atom is -0.395 e. The van der Waals surface area contributed by atoms with Crippen LogP contribution in [0.5, 0.6) is 0 Å². The molecule has 0 spiro atoms. The minimum atomic E-state index is 0.242. The van der Waals surface area contributed by atoms with Crippen LogP contribution < -0.4 is 5.73 Å². The van der Waals surface area contributed by atoms with Crippen molar-refractivity contribution in [3.05, 3.63) is 0 Å². The van der Waals surface area contributed by atoms with Crippen molar-refractivity contribution in [1.82, 2.24) is 4.90 Å². The molecule has 0 aromatic carbocycles. The van der Waals surface area contributed by atoms with E-state index in [1.807, 2.05) is 0 Å². The summed E-state index contributed by atoms with van der Waals surface area (Å²) in [5, 5.41) is 9.04. The van der Waals surface area contributed by atoms with E-state index in [1.165, 1.54) is 0 Å². The van der Waals surface area contributed by atoms with Crippen LogP contribution >= 0.6 is 12.2 Å². The summed E-state index contributed by atoms with van der Waals surface area (Å²) in [6.07, 6.45) is 5.29. The monoisotopic (exact) mass is 246 g/mol. The van der Waals surface area contributed by atoms with Crippen LogP contribution in [0.2, 0.25) is 0 Å². The first-order valence-corrected chi connectivity index (χ1v) is 6.69. The molecule has 0 atom stereocenters. The van der Waals surface area contributed by atoms with Crippen molar-refractivity contribution < 1.29 is 5.11 Å². The highest BCUT2D eigenvalue weighted by molar-refractivity contribution is 7.80. The van der Waals surface area contributed by atoms with Gasteiger partial charge in [0.15, 0.2) is 0 Å². The Morgan fingerprint density at radius 3 is 2.31 bits per heavy atom. The molecule has 0 unspecified atom stereocenters. The first kappa shape index (κ1) is 15.8. The lowest BCUT2D eigenvalue weighted by atomic mass is 10.1. The van der Waals surface area contributed by atoms with E-state index in [4.69, 9.17) is 23.1 Å². The van der Waals surface area contributed by atoms with E-state index in [9.17, 15) is 0 Å². The lowest BCUT2D eigenvalue weighted by Crippen LogP contribution is -2.37. The maximum absolute atomic E-state index is 9.04. The van der Waals surface area contributed by atoms with Crippen molar-refractivity contribution in [3.8, 4) is 0 Å². The van der Waals surface area contributed by atoms with Crippen molar-refractivity contribution in [2.45, 2.75) is 52.0 Å². The van der Waals surface area contributed by atoms with E-state index < -0.39 is 0 Å². The molecule has 0 radical (unpaired) electrons. The lowest BCUT2D eigenvalue weighted by molar-refractivity contribution is 0.141. The second-order valence-electron chi connectivity index (χ2n) is 4.15. The zero-order chi connectivity index (χ0) is 12.4. The molecule has 0 saturated heterocycles. The van der Waals surface area contributed by atoms with Gasteiger partial charge in [0.2, 0.25) is 0 Å². The molecule has 0 fully saturated rings. The summed E-state index contributed by atoms with van der Waals surface area (Å²) in [5.41, 5.74) is 5.46. The van der Waals surface area contributed by atoms with Crippen molar-refractivity contribution in [1.29, 1.82) is 0 Å². The summed E-state index contributed by atoms with van der Waals surface area (Å²) < 4.78 is 0. The molecule has 0 aromatic rings. The Hall–Kier alpha value is -0.190. The number of aliphatic hydroxyl groups excluding tert-OH is 1. The van der Waals surface area contributed by atoms with Gasteiger partial charge in [-0.05, 0) is 38.6 Å². The van der Waals surface area contributed by atoms with Crippen LogP contribution in [0, 0.1) is 0 Å². The molecule has 0 aliphatic heterocycles. The maximum Gasteiger partial charge on any atom is 0.0727 e. The fourth-order valence-corrected chi connectivity index (χ4v) is 2.17. The third-order valence-electron chi connectivity index (χ3n) is 2.96. The van der Waals surface area contributed by atoms with Gasteiger partial charge in [-0.3, -0.25) is 4.90 Å². The number of aliphatic hydroxyl groups is 1. The molecule has 3 nitrogen and oxygen atoms in total. The smallest absolute Gasteiger partial charge is 0.0727 e. The summed E-state index contributed by atoms with van der Waals surface area (Å²) >= 11 is 4.85. The van der Waals surface area contributed by atoms with E-state index in [1.54, 1.807) is 0 Å². The van der Waals surface area contributed by atoms with E-state index >= 15 is 0 Å². The van der Waals surface area contributed by atoms with Crippen LogP contribution in [-0.4, -0.2) is 40.7 Å². The van der Waals surface area contributed by atoms with Crippen molar-refractivity contribution >= 4 is 17.2 Å². The van der Waals surface area contributed by atoms with Crippen molar-refractivity contribution in [2.75, 3.05) is 19.7 Å². The van der Waals surface area contributed by atoms with Crippen LogP contribution in [0.15, 0.2) is 0 Å². The molecule has 96 valence electrons. The Kier molecular flexibility index (Phi) is 9.88.